The van der Waals surface area contributed by atoms with Crippen molar-refractivity contribution in [2.24, 2.45) is 0 Å². The van der Waals surface area contributed by atoms with E-state index >= 15 is 0 Å². The molecule has 0 aliphatic carbocycles. The third-order valence-electron chi connectivity index (χ3n) is 7.83. The van der Waals surface area contributed by atoms with E-state index < -0.39 is 12.1 Å². The molecule has 5 rings (SSSR count). The van der Waals surface area contributed by atoms with Crippen molar-refractivity contribution in [3.05, 3.63) is 119 Å². The second-order valence-electron chi connectivity index (χ2n) is 10.6. The molecule has 1 aliphatic heterocycles. The smallest absolute Gasteiger partial charge is 0.410 e. The van der Waals surface area contributed by atoms with E-state index in [1.54, 1.807) is 26.0 Å². The largest absolute Gasteiger partial charge is 0.496 e. The number of rotatable bonds is 12. The van der Waals surface area contributed by atoms with Gasteiger partial charge in [-0.05, 0) is 36.6 Å². The van der Waals surface area contributed by atoms with Crippen LogP contribution in [0.25, 0.3) is 0 Å². The Morgan fingerprint density at radius 2 is 1.39 bits per heavy atom. The molecule has 0 spiro atoms. The molecule has 0 radical (unpaired) electrons. The molecule has 8 heteroatoms. The van der Waals surface area contributed by atoms with Crippen LogP contribution < -0.4 is 14.2 Å². The first-order chi connectivity index (χ1) is 21.5. The lowest BCUT2D eigenvalue weighted by molar-refractivity contribution is 0.0234. The van der Waals surface area contributed by atoms with Gasteiger partial charge >= 0.3 is 6.09 Å². The lowest BCUT2D eigenvalue weighted by Gasteiger charge is -2.43. The Morgan fingerprint density at radius 1 is 0.795 bits per heavy atom. The van der Waals surface area contributed by atoms with Crippen molar-refractivity contribution in [2.45, 2.75) is 43.5 Å². The molecule has 44 heavy (non-hydrogen) atoms. The second kappa shape index (κ2) is 15.0. The van der Waals surface area contributed by atoms with Crippen molar-refractivity contribution < 1.29 is 28.5 Å². The molecule has 0 fully saturated rings. The number of methoxy groups -OCH3 is 3. The summed E-state index contributed by atoms with van der Waals surface area (Å²) in [5.74, 6) is 2.49. The van der Waals surface area contributed by atoms with Crippen LogP contribution in [0.2, 0.25) is 0 Å². The number of fused-ring (bicyclic) bond motifs is 1. The molecule has 0 unspecified atom stereocenters. The Hall–Kier alpha value is -4.14. The van der Waals surface area contributed by atoms with Crippen LogP contribution in [0.15, 0.2) is 95.9 Å². The van der Waals surface area contributed by atoms with Crippen molar-refractivity contribution in [1.29, 1.82) is 0 Å². The minimum atomic E-state index is -0.421. The number of benzene rings is 4. The zero-order chi connectivity index (χ0) is 30.9. The number of hydrogen-bond donors (Lipinski definition) is 0. The standard InChI is InChI=1S/C36H39NO6S/c1-25-33(39-2)30-20-28(23-42-21-26-14-8-5-9-15-26)37(36(38)41-4)31(24-44-29-18-12-7-13-19-29)32(30)35(34(25)40-3)43-22-27-16-10-6-11-17-27/h5-19,28,31H,20-24H2,1-4H3/t28-,31-/m0/s1. The van der Waals surface area contributed by atoms with Crippen LogP contribution in [0.3, 0.4) is 0 Å². The van der Waals surface area contributed by atoms with E-state index in [2.05, 4.69) is 12.1 Å². The van der Waals surface area contributed by atoms with Crippen molar-refractivity contribution in [1.82, 2.24) is 4.90 Å². The van der Waals surface area contributed by atoms with Gasteiger partial charge in [0.2, 0.25) is 0 Å². The van der Waals surface area contributed by atoms with Gasteiger partial charge in [0, 0.05) is 27.3 Å². The fourth-order valence-electron chi connectivity index (χ4n) is 5.82. The average Bonchev–Trinajstić information content (AvgIpc) is 3.07. The molecule has 7 nitrogen and oxygen atoms in total. The van der Waals surface area contributed by atoms with E-state index in [0.717, 1.165) is 38.5 Å². The highest BCUT2D eigenvalue weighted by Gasteiger charge is 2.43. The fraction of sp³-hybridized carbons (Fsp3) is 0.306. The van der Waals surface area contributed by atoms with E-state index in [0.29, 0.717) is 43.5 Å². The monoisotopic (exact) mass is 613 g/mol. The SMILES string of the molecule is COC(=O)N1[C@H](COCc2ccccc2)Cc2c(OC)c(C)c(OC)c(OCc3ccccc3)c2[C@@H]1CSc1ccccc1. The summed E-state index contributed by atoms with van der Waals surface area (Å²) in [5.41, 5.74) is 4.80. The number of nitrogens with zero attached hydrogens (tertiary/aromatic N) is 1. The molecule has 1 heterocycles. The summed E-state index contributed by atoms with van der Waals surface area (Å²) in [5, 5.41) is 0. The molecule has 4 aromatic rings. The third-order valence-corrected chi connectivity index (χ3v) is 8.91. The molecular formula is C36H39NO6S. The number of amides is 1. The zero-order valence-corrected chi connectivity index (χ0v) is 26.5. The van der Waals surface area contributed by atoms with Gasteiger partial charge in [-0.1, -0.05) is 78.9 Å². The van der Waals surface area contributed by atoms with Gasteiger partial charge in [0.1, 0.15) is 12.4 Å². The first-order valence-corrected chi connectivity index (χ1v) is 15.6. The Kier molecular flexibility index (Phi) is 10.7. The maximum Gasteiger partial charge on any atom is 0.410 e. The quantitative estimate of drug-likeness (QED) is 0.152. The summed E-state index contributed by atoms with van der Waals surface area (Å²) in [7, 11) is 4.73. The van der Waals surface area contributed by atoms with E-state index in [-0.39, 0.29) is 6.04 Å². The molecule has 0 saturated heterocycles. The normalized spacial score (nSPS) is 15.8. The number of ether oxygens (including phenoxy) is 5. The summed E-state index contributed by atoms with van der Waals surface area (Å²) in [6.45, 7) is 3.08. The molecule has 230 valence electrons. The molecule has 0 bridgehead atoms. The highest BCUT2D eigenvalue weighted by atomic mass is 32.2. The van der Waals surface area contributed by atoms with Crippen LogP contribution in [0, 0.1) is 6.92 Å². The highest BCUT2D eigenvalue weighted by molar-refractivity contribution is 7.99. The molecule has 1 amide bonds. The summed E-state index contributed by atoms with van der Waals surface area (Å²) in [4.78, 5) is 16.6. The minimum absolute atomic E-state index is 0.302. The molecule has 2 atom stereocenters. The molecule has 1 aliphatic rings. The van der Waals surface area contributed by atoms with Gasteiger partial charge in [0.05, 0.1) is 46.6 Å². The van der Waals surface area contributed by atoms with Gasteiger partial charge in [0.15, 0.2) is 11.5 Å². The van der Waals surface area contributed by atoms with Crippen LogP contribution >= 0.6 is 11.8 Å². The topological polar surface area (TPSA) is 66.5 Å². The zero-order valence-electron chi connectivity index (χ0n) is 25.7. The van der Waals surface area contributed by atoms with E-state index in [4.69, 9.17) is 23.7 Å². The Morgan fingerprint density at radius 3 is 1.98 bits per heavy atom. The molecular weight excluding hydrogens is 574 g/mol. The second-order valence-corrected chi connectivity index (χ2v) is 11.7. The number of thioether (sulfide) groups is 1. The minimum Gasteiger partial charge on any atom is -0.496 e. The van der Waals surface area contributed by atoms with Crippen molar-refractivity contribution in [3.63, 3.8) is 0 Å². The van der Waals surface area contributed by atoms with Crippen LogP contribution in [0.1, 0.15) is 33.9 Å². The summed E-state index contributed by atoms with van der Waals surface area (Å²) in [6.07, 6.45) is 0.0803. The van der Waals surface area contributed by atoms with Gasteiger partial charge in [-0.3, -0.25) is 4.90 Å². The Labute approximate surface area is 264 Å². The van der Waals surface area contributed by atoms with Crippen LogP contribution in [-0.4, -0.2) is 50.7 Å². The molecule has 0 N–H and O–H groups in total. The Balaban J connectivity index is 1.60. The molecule has 4 aromatic carbocycles. The average molecular weight is 614 g/mol. The fourth-order valence-corrected chi connectivity index (χ4v) is 6.85. The van der Waals surface area contributed by atoms with Crippen molar-refractivity contribution >= 4 is 17.9 Å². The first-order valence-electron chi connectivity index (χ1n) is 14.7. The van der Waals surface area contributed by atoms with Crippen LogP contribution in [0.5, 0.6) is 17.2 Å². The van der Waals surface area contributed by atoms with Gasteiger partial charge < -0.3 is 23.7 Å². The Bertz CT molecular complexity index is 1520. The third kappa shape index (κ3) is 6.98. The highest BCUT2D eigenvalue weighted by Crippen LogP contribution is 2.52. The molecule has 0 saturated carbocycles. The maximum absolute atomic E-state index is 13.6. The van der Waals surface area contributed by atoms with Gasteiger partial charge in [-0.25, -0.2) is 4.79 Å². The number of carbonyl (C=O) groups is 1. The summed E-state index contributed by atoms with van der Waals surface area (Å²) >= 11 is 1.67. The predicted molar refractivity (Wildman–Crippen MR) is 173 cm³/mol. The van der Waals surface area contributed by atoms with Crippen molar-refractivity contribution in [2.75, 3.05) is 33.7 Å². The predicted octanol–water partition coefficient (Wildman–Crippen LogP) is 7.63. The van der Waals surface area contributed by atoms with Crippen molar-refractivity contribution in [3.8, 4) is 17.2 Å². The first kappa shape index (κ1) is 31.3. The van der Waals surface area contributed by atoms with E-state index in [1.165, 1.54) is 7.11 Å². The summed E-state index contributed by atoms with van der Waals surface area (Å²) < 4.78 is 30.3. The number of carbonyl (C=O) groups excluding carboxylic acids is 1. The summed E-state index contributed by atoms with van der Waals surface area (Å²) in [6, 6.07) is 29.5. The molecule has 0 aromatic heterocycles. The number of hydrogen-bond acceptors (Lipinski definition) is 7. The van der Waals surface area contributed by atoms with Crippen LogP contribution in [0.4, 0.5) is 4.79 Å². The maximum atomic E-state index is 13.6. The lowest BCUT2D eigenvalue weighted by atomic mass is 9.85. The van der Waals surface area contributed by atoms with Gasteiger partial charge in [-0.15, -0.1) is 11.8 Å². The van der Waals surface area contributed by atoms with Crippen LogP contribution in [-0.2, 0) is 29.1 Å². The lowest BCUT2D eigenvalue weighted by Crippen LogP contribution is -2.50. The van der Waals surface area contributed by atoms with E-state index in [1.807, 2.05) is 90.7 Å². The van der Waals surface area contributed by atoms with E-state index in [9.17, 15) is 4.79 Å². The van der Waals surface area contributed by atoms with Gasteiger partial charge in [-0.2, -0.15) is 0 Å². The van der Waals surface area contributed by atoms with Gasteiger partial charge in [0.25, 0.3) is 0 Å².